The molecular weight excluding hydrogens is 502 g/mol. The lowest BCUT2D eigenvalue weighted by molar-refractivity contribution is -0.120. The minimum atomic E-state index is -0.576. The number of hydrogen-bond acceptors (Lipinski definition) is 7. The number of hydrogen-bond donors (Lipinski definition) is 1. The normalized spacial score (nSPS) is 14.7. The van der Waals surface area contributed by atoms with Gasteiger partial charge in [0.2, 0.25) is 5.95 Å². The first-order chi connectivity index (χ1) is 18.7. The molecule has 0 atom stereocenters. The summed E-state index contributed by atoms with van der Waals surface area (Å²) >= 11 is 0. The number of anilines is 2. The number of aryl methyl sites for hydroxylation is 1. The highest BCUT2D eigenvalue weighted by atomic mass is 19.1. The number of halogens is 2. The predicted octanol–water partition coefficient (Wildman–Crippen LogP) is 4.92. The van der Waals surface area contributed by atoms with Crippen LogP contribution >= 0.6 is 0 Å². The number of carbonyl (C=O) groups is 1. The quantitative estimate of drug-likeness (QED) is 0.327. The Balaban J connectivity index is 1.23. The van der Waals surface area contributed by atoms with Gasteiger partial charge in [0.1, 0.15) is 23.1 Å². The molecule has 5 rings (SSSR count). The number of benzene rings is 2. The van der Waals surface area contributed by atoms with E-state index >= 15 is 0 Å². The fourth-order valence-corrected chi connectivity index (χ4v) is 4.77. The zero-order valence-corrected chi connectivity index (χ0v) is 22.3. The number of rotatable bonds is 9. The highest BCUT2D eigenvalue weighted by molar-refractivity contribution is 5.83. The van der Waals surface area contributed by atoms with Gasteiger partial charge in [0.25, 0.3) is 0 Å². The molecule has 204 valence electrons. The van der Waals surface area contributed by atoms with Crippen LogP contribution in [0.4, 0.5) is 20.4 Å². The topological polar surface area (TPSA) is 75.5 Å². The number of nitrogens with zero attached hydrogens (tertiary/aromatic N) is 5. The van der Waals surface area contributed by atoms with Crippen molar-refractivity contribution in [2.24, 2.45) is 7.05 Å². The summed E-state index contributed by atoms with van der Waals surface area (Å²) in [5.41, 5.74) is 2.07. The maximum absolute atomic E-state index is 14.1. The highest BCUT2D eigenvalue weighted by Crippen LogP contribution is 2.29. The van der Waals surface area contributed by atoms with Gasteiger partial charge in [-0.15, -0.1) is 0 Å². The number of aromatic nitrogens is 3. The van der Waals surface area contributed by atoms with Gasteiger partial charge in [-0.2, -0.15) is 0 Å². The molecule has 4 aromatic rings. The third kappa shape index (κ3) is 6.40. The lowest BCUT2D eigenvalue weighted by Gasteiger charge is -2.36. The highest BCUT2D eigenvalue weighted by Gasteiger charge is 2.21. The van der Waals surface area contributed by atoms with Gasteiger partial charge in [-0.05, 0) is 44.2 Å². The van der Waals surface area contributed by atoms with Gasteiger partial charge < -0.3 is 14.6 Å². The van der Waals surface area contributed by atoms with E-state index in [1.54, 1.807) is 42.1 Å². The van der Waals surface area contributed by atoms with Gasteiger partial charge in [-0.3, -0.25) is 19.6 Å². The molecule has 1 aliphatic heterocycles. The Morgan fingerprint density at radius 1 is 1.03 bits per heavy atom. The maximum Gasteiger partial charge on any atom is 0.208 e. The van der Waals surface area contributed by atoms with E-state index in [1.165, 1.54) is 0 Å². The van der Waals surface area contributed by atoms with Crippen molar-refractivity contribution in [2.45, 2.75) is 26.3 Å². The number of carbonyl (C=O) groups excluding carboxylic acids is 1. The van der Waals surface area contributed by atoms with Gasteiger partial charge in [0, 0.05) is 63.7 Å². The summed E-state index contributed by atoms with van der Waals surface area (Å²) in [5.74, 6) is 0.484. The molecule has 0 amide bonds. The second-order valence-electron chi connectivity index (χ2n) is 10.1. The Morgan fingerprint density at radius 3 is 2.56 bits per heavy atom. The molecule has 39 heavy (non-hydrogen) atoms. The minimum Gasteiger partial charge on any atom is -0.457 e. The monoisotopic (exact) mass is 534 g/mol. The molecule has 0 saturated carbocycles. The van der Waals surface area contributed by atoms with E-state index in [1.807, 2.05) is 6.07 Å². The molecule has 1 fully saturated rings. The third-order valence-corrected chi connectivity index (χ3v) is 6.97. The molecule has 0 radical (unpaired) electrons. The second-order valence-corrected chi connectivity index (χ2v) is 10.1. The van der Waals surface area contributed by atoms with Crippen molar-refractivity contribution in [3.8, 4) is 11.5 Å². The summed E-state index contributed by atoms with van der Waals surface area (Å²) in [4.78, 5) is 26.2. The van der Waals surface area contributed by atoms with Gasteiger partial charge in [0.05, 0.1) is 35.4 Å². The van der Waals surface area contributed by atoms with Crippen molar-refractivity contribution in [2.75, 3.05) is 38.0 Å². The molecule has 8 nitrogen and oxygen atoms in total. The van der Waals surface area contributed by atoms with Crippen LogP contribution in [0.3, 0.4) is 0 Å². The predicted molar refractivity (Wildman–Crippen MR) is 147 cm³/mol. The van der Waals surface area contributed by atoms with Crippen molar-refractivity contribution in [1.29, 1.82) is 0 Å². The summed E-state index contributed by atoms with van der Waals surface area (Å²) in [6.07, 6.45) is 1.88. The van der Waals surface area contributed by atoms with Crippen LogP contribution in [0.25, 0.3) is 11.0 Å². The average Bonchev–Trinajstić information content (AvgIpc) is 3.21. The molecule has 10 heteroatoms. The molecule has 0 unspecified atom stereocenters. The van der Waals surface area contributed by atoms with Gasteiger partial charge >= 0.3 is 0 Å². The molecule has 1 saturated heterocycles. The summed E-state index contributed by atoms with van der Waals surface area (Å²) in [6.45, 7) is 8.56. The first kappa shape index (κ1) is 26.7. The fraction of sp³-hybridized carbons (Fsp3) is 0.345. The van der Waals surface area contributed by atoms with Crippen molar-refractivity contribution in [3.05, 3.63) is 72.1 Å². The molecule has 0 aliphatic carbocycles. The van der Waals surface area contributed by atoms with Crippen molar-refractivity contribution >= 4 is 28.5 Å². The van der Waals surface area contributed by atoms with Crippen LogP contribution in [-0.4, -0.2) is 68.9 Å². The first-order valence-electron chi connectivity index (χ1n) is 13.0. The molecule has 0 spiro atoms. The Kier molecular flexibility index (Phi) is 7.85. The number of pyridine rings is 1. The summed E-state index contributed by atoms with van der Waals surface area (Å²) in [6, 6.07) is 12.7. The molecule has 0 bridgehead atoms. The Bertz CT molecular complexity index is 1480. The molecule has 3 heterocycles. The number of imidazole rings is 1. The van der Waals surface area contributed by atoms with Crippen LogP contribution in [0.1, 0.15) is 19.5 Å². The maximum atomic E-state index is 14.1. The average molecular weight is 535 g/mol. The zero-order valence-electron chi connectivity index (χ0n) is 22.3. The third-order valence-electron chi connectivity index (χ3n) is 6.97. The van der Waals surface area contributed by atoms with E-state index in [0.717, 1.165) is 49.9 Å². The van der Waals surface area contributed by atoms with Crippen LogP contribution in [0.5, 0.6) is 11.5 Å². The molecule has 1 aliphatic rings. The van der Waals surface area contributed by atoms with Crippen LogP contribution in [0.2, 0.25) is 0 Å². The Morgan fingerprint density at radius 2 is 1.79 bits per heavy atom. The van der Waals surface area contributed by atoms with Crippen molar-refractivity contribution in [1.82, 2.24) is 24.3 Å². The standard InChI is InChI=1S/C29H32F2N6O2/c1-19(2)37-12-10-36(11-13-37)18-22(38)15-21-16-24(8-9-32-21)39-23-5-7-28-27(17-23)34-29(35(28)3)33-26-14-20(30)4-6-25(26)31/h4-9,14,16-17,19H,10-13,15,18H2,1-3H3,(H,33,34). The van der Waals surface area contributed by atoms with Crippen LogP contribution in [0, 0.1) is 11.6 Å². The second kappa shape index (κ2) is 11.5. The Hall–Kier alpha value is -3.89. The molecular formula is C29H32F2N6O2. The molecule has 2 aromatic carbocycles. The summed E-state index contributed by atoms with van der Waals surface area (Å²) in [7, 11) is 1.78. The Labute approximate surface area is 226 Å². The van der Waals surface area contributed by atoms with Crippen LogP contribution < -0.4 is 10.1 Å². The van der Waals surface area contributed by atoms with Crippen LogP contribution in [-0.2, 0) is 18.3 Å². The summed E-state index contributed by atoms with van der Waals surface area (Å²) in [5, 5.41) is 2.85. The number of ketones is 1. The van der Waals surface area contributed by atoms with E-state index in [0.29, 0.717) is 41.2 Å². The van der Waals surface area contributed by atoms with Gasteiger partial charge in [-0.1, -0.05) is 0 Å². The van der Waals surface area contributed by atoms with E-state index in [2.05, 4.69) is 38.9 Å². The van der Waals surface area contributed by atoms with E-state index in [9.17, 15) is 13.6 Å². The lowest BCUT2D eigenvalue weighted by Crippen LogP contribution is -2.50. The summed E-state index contributed by atoms with van der Waals surface area (Å²) < 4.78 is 35.5. The fourth-order valence-electron chi connectivity index (χ4n) is 4.77. The largest absolute Gasteiger partial charge is 0.457 e. The number of piperazine rings is 1. The minimum absolute atomic E-state index is 0.00144. The lowest BCUT2D eigenvalue weighted by atomic mass is 10.1. The number of fused-ring (bicyclic) bond motifs is 1. The molecule has 2 aromatic heterocycles. The zero-order chi connectivity index (χ0) is 27.5. The molecule has 1 N–H and O–H groups in total. The number of Topliss-reactive ketones (excluding diaryl/α,β-unsaturated/α-hetero) is 1. The van der Waals surface area contributed by atoms with Crippen molar-refractivity contribution in [3.63, 3.8) is 0 Å². The number of ether oxygens (including phenoxy) is 1. The van der Waals surface area contributed by atoms with Gasteiger partial charge in [0.15, 0.2) is 5.78 Å². The smallest absolute Gasteiger partial charge is 0.208 e. The first-order valence-corrected chi connectivity index (χ1v) is 13.0. The van der Waals surface area contributed by atoms with E-state index < -0.39 is 11.6 Å². The SMILES string of the molecule is CC(C)N1CCN(CC(=O)Cc2cc(Oc3ccc4c(c3)nc(Nc3cc(F)ccc3F)n4C)ccn2)CC1. The van der Waals surface area contributed by atoms with Crippen LogP contribution in [0.15, 0.2) is 54.7 Å². The van der Waals surface area contributed by atoms with Crippen molar-refractivity contribution < 1.29 is 18.3 Å². The van der Waals surface area contributed by atoms with E-state index in [4.69, 9.17) is 4.74 Å². The van der Waals surface area contributed by atoms with E-state index in [-0.39, 0.29) is 17.9 Å². The number of nitrogens with one attached hydrogen (secondary N) is 1. The van der Waals surface area contributed by atoms with Gasteiger partial charge in [-0.25, -0.2) is 13.8 Å².